The first kappa shape index (κ1) is 21.0. The fourth-order valence-corrected chi connectivity index (χ4v) is 5.12. The molecule has 0 aliphatic heterocycles. The Kier molecular flexibility index (Phi) is 5.95. The largest absolute Gasteiger partial charge is 0.321 e. The maximum absolute atomic E-state index is 13.1. The summed E-state index contributed by atoms with van der Waals surface area (Å²) in [5.41, 5.74) is 3.03. The molecule has 0 atom stereocenters. The van der Waals surface area contributed by atoms with Gasteiger partial charge in [-0.2, -0.15) is 0 Å². The van der Waals surface area contributed by atoms with Crippen LogP contribution in [0, 0.1) is 17.4 Å². The van der Waals surface area contributed by atoms with Gasteiger partial charge in [0.1, 0.15) is 4.83 Å². The van der Waals surface area contributed by atoms with Gasteiger partial charge in [-0.25, -0.2) is 4.98 Å². The van der Waals surface area contributed by atoms with Crippen LogP contribution in [0.3, 0.4) is 0 Å². The maximum Gasteiger partial charge on any atom is 0.266 e. The van der Waals surface area contributed by atoms with Crippen LogP contribution in [0.15, 0.2) is 53.6 Å². The van der Waals surface area contributed by atoms with Crippen LogP contribution in [0.1, 0.15) is 26.4 Å². The monoisotopic (exact) mass is 549 g/mol. The molecule has 1 amide bonds. The number of benzene rings is 2. The Morgan fingerprint density at radius 3 is 2.73 bits per heavy atom. The molecule has 0 saturated carbocycles. The van der Waals surface area contributed by atoms with Crippen LogP contribution in [-0.2, 0) is 6.54 Å². The fraction of sp³-hybridized carbons (Fsp3) is 0.136. The summed E-state index contributed by atoms with van der Waals surface area (Å²) < 4.78 is 2.62. The van der Waals surface area contributed by atoms with E-state index in [1.54, 1.807) is 13.0 Å². The lowest BCUT2D eigenvalue weighted by atomic mass is 10.1. The summed E-state index contributed by atoms with van der Waals surface area (Å²) in [6, 6.07) is 13.2. The van der Waals surface area contributed by atoms with Crippen LogP contribution in [0.25, 0.3) is 10.2 Å². The first-order valence-electron chi connectivity index (χ1n) is 9.14. The van der Waals surface area contributed by atoms with Crippen molar-refractivity contribution in [1.82, 2.24) is 9.55 Å². The number of thiophene rings is 1. The minimum atomic E-state index is -0.239. The van der Waals surface area contributed by atoms with E-state index in [1.165, 1.54) is 22.2 Å². The second-order valence-electron chi connectivity index (χ2n) is 6.92. The molecular formula is C22H17ClIN3O2S. The molecule has 152 valence electrons. The summed E-state index contributed by atoms with van der Waals surface area (Å²) in [5.74, 6) is -0.239. The van der Waals surface area contributed by atoms with Gasteiger partial charge in [-0.05, 0) is 77.4 Å². The molecule has 0 aliphatic rings. The number of carbonyl (C=O) groups is 1. The van der Waals surface area contributed by atoms with Crippen molar-refractivity contribution in [3.63, 3.8) is 0 Å². The molecule has 4 aromatic rings. The van der Waals surface area contributed by atoms with Crippen LogP contribution >= 0.6 is 45.5 Å². The van der Waals surface area contributed by atoms with E-state index < -0.39 is 0 Å². The molecule has 0 bridgehead atoms. The Balaban J connectivity index is 1.70. The summed E-state index contributed by atoms with van der Waals surface area (Å²) in [5, 5.41) is 4.02. The highest BCUT2D eigenvalue weighted by Gasteiger charge is 2.20. The Morgan fingerprint density at radius 1 is 1.23 bits per heavy atom. The Labute approximate surface area is 195 Å². The standard InChI is InChI=1S/C22H17ClIN3O2S/c1-12-9-15(24)7-8-17(12)26-20(28)19-13(2)18-21(30-19)25-11-27(22(18)29)10-14-5-3-4-6-16(14)23/h3-9,11H,10H2,1-2H3,(H,26,28). The maximum atomic E-state index is 13.1. The normalized spacial score (nSPS) is 11.1. The molecule has 0 unspecified atom stereocenters. The molecule has 0 saturated heterocycles. The number of amides is 1. The van der Waals surface area contributed by atoms with Gasteiger partial charge in [-0.15, -0.1) is 11.3 Å². The smallest absolute Gasteiger partial charge is 0.266 e. The van der Waals surface area contributed by atoms with Crippen molar-refractivity contribution in [1.29, 1.82) is 0 Å². The number of hydrogen-bond donors (Lipinski definition) is 1. The summed E-state index contributed by atoms with van der Waals surface area (Å²) in [4.78, 5) is 31.5. The zero-order valence-electron chi connectivity index (χ0n) is 16.2. The van der Waals surface area contributed by atoms with Gasteiger partial charge in [0, 0.05) is 14.3 Å². The number of aryl methyl sites for hydroxylation is 2. The minimum Gasteiger partial charge on any atom is -0.321 e. The number of rotatable bonds is 4. The molecule has 0 radical (unpaired) electrons. The summed E-state index contributed by atoms with van der Waals surface area (Å²) in [6.07, 6.45) is 1.51. The van der Waals surface area contributed by atoms with Crippen molar-refractivity contribution < 1.29 is 4.79 Å². The molecular weight excluding hydrogens is 533 g/mol. The van der Waals surface area contributed by atoms with E-state index in [0.717, 1.165) is 20.4 Å². The minimum absolute atomic E-state index is 0.182. The zero-order valence-corrected chi connectivity index (χ0v) is 19.9. The van der Waals surface area contributed by atoms with Gasteiger partial charge in [0.05, 0.1) is 23.1 Å². The van der Waals surface area contributed by atoms with Crippen LogP contribution in [-0.4, -0.2) is 15.5 Å². The Bertz CT molecular complexity index is 1350. The third-order valence-electron chi connectivity index (χ3n) is 4.86. The van der Waals surface area contributed by atoms with Gasteiger partial charge >= 0.3 is 0 Å². The zero-order chi connectivity index (χ0) is 21.4. The molecule has 30 heavy (non-hydrogen) atoms. The van der Waals surface area contributed by atoms with Crippen molar-refractivity contribution in [3.8, 4) is 0 Å². The highest BCUT2D eigenvalue weighted by atomic mass is 127. The van der Waals surface area contributed by atoms with Gasteiger partial charge in [-0.3, -0.25) is 14.2 Å². The number of halogens is 2. The average Bonchev–Trinajstić information content (AvgIpc) is 3.05. The fourth-order valence-electron chi connectivity index (χ4n) is 3.24. The van der Waals surface area contributed by atoms with Crippen molar-refractivity contribution in [2.24, 2.45) is 0 Å². The quantitative estimate of drug-likeness (QED) is 0.336. The molecule has 2 aromatic carbocycles. The third-order valence-corrected chi connectivity index (χ3v) is 7.10. The van der Waals surface area contributed by atoms with Gasteiger partial charge in [0.15, 0.2) is 0 Å². The first-order valence-corrected chi connectivity index (χ1v) is 11.4. The number of nitrogens with one attached hydrogen (secondary N) is 1. The van der Waals surface area contributed by atoms with Crippen molar-refractivity contribution >= 4 is 67.3 Å². The van der Waals surface area contributed by atoms with Crippen LogP contribution in [0.5, 0.6) is 0 Å². The lowest BCUT2D eigenvalue weighted by Crippen LogP contribution is -2.21. The molecule has 0 spiro atoms. The predicted octanol–water partition coefficient (Wildman–Crippen LogP) is 5.63. The molecule has 8 heteroatoms. The molecule has 2 heterocycles. The predicted molar refractivity (Wildman–Crippen MR) is 131 cm³/mol. The van der Waals surface area contributed by atoms with E-state index in [2.05, 4.69) is 32.9 Å². The lowest BCUT2D eigenvalue weighted by Gasteiger charge is -2.08. The van der Waals surface area contributed by atoms with Crippen LogP contribution in [0.4, 0.5) is 5.69 Å². The van der Waals surface area contributed by atoms with E-state index in [-0.39, 0.29) is 11.5 Å². The summed E-state index contributed by atoms with van der Waals surface area (Å²) in [7, 11) is 0. The average molecular weight is 550 g/mol. The van der Waals surface area contributed by atoms with Gasteiger partial charge < -0.3 is 5.32 Å². The molecule has 5 nitrogen and oxygen atoms in total. The molecule has 2 aromatic heterocycles. The second kappa shape index (κ2) is 8.49. The second-order valence-corrected chi connectivity index (χ2v) is 9.57. The summed E-state index contributed by atoms with van der Waals surface area (Å²) in [6.45, 7) is 4.06. The van der Waals surface area contributed by atoms with Gasteiger partial charge in [0.25, 0.3) is 11.5 Å². The molecule has 4 rings (SSSR count). The van der Waals surface area contributed by atoms with E-state index in [0.29, 0.717) is 32.2 Å². The van der Waals surface area contributed by atoms with E-state index in [1.807, 2.05) is 43.3 Å². The van der Waals surface area contributed by atoms with Crippen LogP contribution < -0.4 is 10.9 Å². The number of hydrogen-bond acceptors (Lipinski definition) is 4. The SMILES string of the molecule is Cc1cc(I)ccc1NC(=O)c1sc2ncn(Cc3ccccc3Cl)c(=O)c2c1C. The van der Waals surface area contributed by atoms with E-state index >= 15 is 0 Å². The first-order chi connectivity index (χ1) is 14.3. The molecule has 1 N–H and O–H groups in total. The molecule has 0 fully saturated rings. The third kappa shape index (κ3) is 4.01. The van der Waals surface area contributed by atoms with Crippen molar-refractivity contribution in [2.45, 2.75) is 20.4 Å². The van der Waals surface area contributed by atoms with E-state index in [4.69, 9.17) is 11.6 Å². The number of aromatic nitrogens is 2. The molecule has 0 aliphatic carbocycles. The van der Waals surface area contributed by atoms with Gasteiger partial charge in [0.2, 0.25) is 0 Å². The number of carbonyl (C=O) groups excluding carboxylic acids is 1. The van der Waals surface area contributed by atoms with Crippen molar-refractivity contribution in [3.05, 3.63) is 89.3 Å². The van der Waals surface area contributed by atoms with Crippen molar-refractivity contribution in [2.75, 3.05) is 5.32 Å². The lowest BCUT2D eigenvalue weighted by molar-refractivity contribution is 0.103. The van der Waals surface area contributed by atoms with Crippen LogP contribution in [0.2, 0.25) is 5.02 Å². The van der Waals surface area contributed by atoms with Gasteiger partial charge in [-0.1, -0.05) is 29.8 Å². The summed E-state index contributed by atoms with van der Waals surface area (Å²) >= 11 is 9.70. The highest BCUT2D eigenvalue weighted by molar-refractivity contribution is 14.1. The van der Waals surface area contributed by atoms with E-state index in [9.17, 15) is 9.59 Å². The topological polar surface area (TPSA) is 64.0 Å². The Hall–Kier alpha value is -2.23. The number of fused-ring (bicyclic) bond motifs is 1. The number of anilines is 1. The number of nitrogens with zero attached hydrogens (tertiary/aromatic N) is 2. The highest BCUT2D eigenvalue weighted by Crippen LogP contribution is 2.28. The Morgan fingerprint density at radius 2 is 2.00 bits per heavy atom.